The molecule has 2 N–H and O–H groups in total. The lowest BCUT2D eigenvalue weighted by Crippen LogP contribution is -2.32. The lowest BCUT2D eigenvalue weighted by atomic mass is 10.0. The van der Waals surface area contributed by atoms with Crippen LogP contribution in [0.1, 0.15) is 18.5 Å². The minimum Gasteiger partial charge on any atom is -0.464 e. The molecular weight excluding hydrogens is 298 g/mol. The molecule has 1 aromatic carbocycles. The number of alkyl halides is 1. The van der Waals surface area contributed by atoms with E-state index in [4.69, 9.17) is 5.73 Å². The van der Waals surface area contributed by atoms with Crippen LogP contribution in [-0.2, 0) is 9.53 Å². The molecule has 0 radical (unpaired) electrons. The summed E-state index contributed by atoms with van der Waals surface area (Å²) >= 11 is 0. The molecule has 0 amide bonds. The summed E-state index contributed by atoms with van der Waals surface area (Å²) in [7, 11) is 0. The van der Waals surface area contributed by atoms with Crippen LogP contribution in [0.4, 0.5) is 14.5 Å². The maximum atomic E-state index is 13.7. The molecule has 0 aliphatic rings. The van der Waals surface area contributed by atoms with E-state index in [0.29, 0.717) is 0 Å². The monoisotopic (exact) mass is 310 g/mol. The Hall–Kier alpha value is -1.80. The highest BCUT2D eigenvalue weighted by Gasteiger charge is 2.32. The highest BCUT2D eigenvalue weighted by atomic mass is 35.5. The number of ether oxygens (including phenoxy) is 1. The van der Waals surface area contributed by atoms with E-state index in [2.05, 4.69) is 4.74 Å². The Morgan fingerprint density at radius 1 is 1.55 bits per heavy atom. The standard InChI is InChI=1S/C11H12F2N2O4.ClH/c1-2-19-11(16)9(13)10(14)7-5-6(12)3-4-8(7)15(17)18;/h3-5,9-10H,2,14H2,1H3;1H/t9?,10-;/m1./s1. The smallest absolute Gasteiger partial charge is 0.342 e. The number of halogens is 3. The molecule has 0 saturated carbocycles. The highest BCUT2D eigenvalue weighted by Crippen LogP contribution is 2.28. The Bertz CT molecular complexity index is 501. The van der Waals surface area contributed by atoms with Crippen molar-refractivity contribution >= 4 is 24.1 Å². The van der Waals surface area contributed by atoms with Crippen LogP contribution in [-0.4, -0.2) is 23.7 Å². The molecule has 6 nitrogen and oxygen atoms in total. The average molecular weight is 311 g/mol. The van der Waals surface area contributed by atoms with Crippen LogP contribution < -0.4 is 5.73 Å². The zero-order chi connectivity index (χ0) is 14.6. The minimum absolute atomic E-state index is 0. The summed E-state index contributed by atoms with van der Waals surface area (Å²) in [5, 5.41) is 10.7. The van der Waals surface area contributed by atoms with Gasteiger partial charge in [0.25, 0.3) is 5.69 Å². The van der Waals surface area contributed by atoms with Crippen molar-refractivity contribution in [2.24, 2.45) is 5.73 Å². The summed E-state index contributed by atoms with van der Waals surface area (Å²) in [5.74, 6) is -2.05. The summed E-state index contributed by atoms with van der Waals surface area (Å²) in [5.41, 5.74) is 4.48. The highest BCUT2D eigenvalue weighted by molar-refractivity contribution is 5.85. The number of hydrogen-bond donors (Lipinski definition) is 1. The molecule has 0 bridgehead atoms. The molecule has 0 saturated heterocycles. The van der Waals surface area contributed by atoms with Gasteiger partial charge in [0.1, 0.15) is 5.82 Å². The Kier molecular flexibility index (Phi) is 7.01. The van der Waals surface area contributed by atoms with Crippen molar-refractivity contribution in [3.63, 3.8) is 0 Å². The average Bonchev–Trinajstić information content (AvgIpc) is 2.36. The van der Waals surface area contributed by atoms with Crippen molar-refractivity contribution in [3.8, 4) is 0 Å². The van der Waals surface area contributed by atoms with Crippen LogP contribution >= 0.6 is 12.4 Å². The quantitative estimate of drug-likeness (QED) is 0.510. The van der Waals surface area contributed by atoms with Gasteiger partial charge in [-0.1, -0.05) is 0 Å². The molecule has 112 valence electrons. The van der Waals surface area contributed by atoms with Crippen molar-refractivity contribution in [2.45, 2.75) is 19.1 Å². The summed E-state index contributed by atoms with van der Waals surface area (Å²) < 4.78 is 31.2. The molecule has 0 spiro atoms. The minimum atomic E-state index is -2.31. The van der Waals surface area contributed by atoms with Crippen molar-refractivity contribution in [3.05, 3.63) is 39.7 Å². The number of esters is 1. The van der Waals surface area contributed by atoms with E-state index in [-0.39, 0.29) is 19.0 Å². The fourth-order valence-electron chi connectivity index (χ4n) is 1.48. The van der Waals surface area contributed by atoms with Crippen LogP contribution in [0.5, 0.6) is 0 Å². The molecular formula is C11H13ClF2N2O4. The predicted octanol–water partition coefficient (Wildman–Crippen LogP) is 2.06. The van der Waals surface area contributed by atoms with Gasteiger partial charge in [-0.2, -0.15) is 0 Å². The van der Waals surface area contributed by atoms with Gasteiger partial charge in [-0.15, -0.1) is 12.4 Å². The van der Waals surface area contributed by atoms with Gasteiger partial charge in [0, 0.05) is 6.07 Å². The number of nitro groups is 1. The van der Waals surface area contributed by atoms with E-state index in [1.807, 2.05) is 0 Å². The molecule has 1 rings (SSSR count). The second-order valence-electron chi connectivity index (χ2n) is 3.64. The van der Waals surface area contributed by atoms with Gasteiger partial charge in [0.05, 0.1) is 23.1 Å². The number of hydrogen-bond acceptors (Lipinski definition) is 5. The van der Waals surface area contributed by atoms with Gasteiger partial charge in [-0.05, 0) is 19.1 Å². The fraction of sp³-hybridized carbons (Fsp3) is 0.364. The first-order valence-electron chi connectivity index (χ1n) is 5.38. The van der Waals surface area contributed by atoms with Gasteiger partial charge >= 0.3 is 5.97 Å². The molecule has 0 fully saturated rings. The van der Waals surface area contributed by atoms with Crippen LogP contribution in [0.3, 0.4) is 0 Å². The Morgan fingerprint density at radius 3 is 2.65 bits per heavy atom. The van der Waals surface area contributed by atoms with Crippen molar-refractivity contribution < 1.29 is 23.2 Å². The number of rotatable bonds is 5. The lowest BCUT2D eigenvalue weighted by Gasteiger charge is -2.15. The first-order chi connectivity index (χ1) is 8.88. The Labute approximate surface area is 119 Å². The van der Waals surface area contributed by atoms with Gasteiger partial charge in [-0.25, -0.2) is 13.6 Å². The second-order valence-corrected chi connectivity index (χ2v) is 3.64. The Balaban J connectivity index is 0.00000361. The molecule has 0 aromatic heterocycles. The third kappa shape index (κ3) is 4.10. The molecule has 0 aliphatic heterocycles. The summed E-state index contributed by atoms with van der Waals surface area (Å²) in [6, 6.07) is 0.776. The van der Waals surface area contributed by atoms with Crippen LogP contribution in [0.15, 0.2) is 18.2 Å². The number of benzene rings is 1. The number of nitrogens with zero attached hydrogens (tertiary/aromatic N) is 1. The fourth-order valence-corrected chi connectivity index (χ4v) is 1.48. The van der Waals surface area contributed by atoms with Crippen molar-refractivity contribution in [1.29, 1.82) is 0 Å². The number of carbonyl (C=O) groups is 1. The molecule has 0 heterocycles. The zero-order valence-corrected chi connectivity index (χ0v) is 11.2. The lowest BCUT2D eigenvalue weighted by molar-refractivity contribution is -0.385. The third-order valence-corrected chi connectivity index (χ3v) is 2.37. The summed E-state index contributed by atoms with van der Waals surface area (Å²) in [4.78, 5) is 21.1. The first-order valence-corrected chi connectivity index (χ1v) is 5.38. The normalized spacial score (nSPS) is 13.0. The molecule has 2 atom stereocenters. The van der Waals surface area contributed by atoms with E-state index in [0.717, 1.165) is 18.2 Å². The van der Waals surface area contributed by atoms with Crippen LogP contribution in [0.25, 0.3) is 0 Å². The number of nitro benzene ring substituents is 1. The first kappa shape index (κ1) is 18.2. The van der Waals surface area contributed by atoms with E-state index in [1.165, 1.54) is 6.92 Å². The van der Waals surface area contributed by atoms with Gasteiger partial charge in [0.15, 0.2) is 0 Å². The van der Waals surface area contributed by atoms with Crippen LogP contribution in [0, 0.1) is 15.9 Å². The van der Waals surface area contributed by atoms with E-state index in [1.54, 1.807) is 0 Å². The molecule has 9 heteroatoms. The van der Waals surface area contributed by atoms with Gasteiger partial charge < -0.3 is 10.5 Å². The van der Waals surface area contributed by atoms with Gasteiger partial charge in [-0.3, -0.25) is 10.1 Å². The maximum Gasteiger partial charge on any atom is 0.342 e. The SMILES string of the molecule is CCOC(=O)C(F)[C@H](N)c1cc(F)ccc1[N+](=O)[O-].Cl. The molecule has 1 aromatic rings. The zero-order valence-electron chi connectivity index (χ0n) is 10.4. The third-order valence-electron chi connectivity index (χ3n) is 2.37. The molecule has 20 heavy (non-hydrogen) atoms. The number of nitrogens with two attached hydrogens (primary N) is 1. The summed E-state index contributed by atoms with van der Waals surface area (Å²) in [6.45, 7) is 1.41. The molecule has 1 unspecified atom stereocenters. The second kappa shape index (κ2) is 7.71. The predicted molar refractivity (Wildman–Crippen MR) is 68.8 cm³/mol. The Morgan fingerprint density at radius 2 is 2.15 bits per heavy atom. The van der Waals surface area contributed by atoms with E-state index >= 15 is 0 Å². The number of carbonyl (C=O) groups excluding carboxylic acids is 1. The van der Waals surface area contributed by atoms with Crippen molar-refractivity contribution in [2.75, 3.05) is 6.61 Å². The maximum absolute atomic E-state index is 13.7. The van der Waals surface area contributed by atoms with Crippen molar-refractivity contribution in [1.82, 2.24) is 0 Å². The van der Waals surface area contributed by atoms with E-state index in [9.17, 15) is 23.7 Å². The topological polar surface area (TPSA) is 95.5 Å². The van der Waals surface area contributed by atoms with E-state index < -0.39 is 40.2 Å². The van der Waals surface area contributed by atoms with Crippen LogP contribution in [0.2, 0.25) is 0 Å². The van der Waals surface area contributed by atoms with Gasteiger partial charge in [0.2, 0.25) is 6.17 Å². The largest absolute Gasteiger partial charge is 0.464 e. The molecule has 0 aliphatic carbocycles. The summed E-state index contributed by atoms with van der Waals surface area (Å²) in [6.07, 6.45) is -2.31.